The van der Waals surface area contributed by atoms with Crippen LogP contribution in [0.25, 0.3) is 0 Å². The minimum atomic E-state index is 0.283. The van der Waals surface area contributed by atoms with Crippen molar-refractivity contribution in [2.45, 2.75) is 72.8 Å². The van der Waals surface area contributed by atoms with Gasteiger partial charge in [0.1, 0.15) is 0 Å². The lowest BCUT2D eigenvalue weighted by Gasteiger charge is -2.37. The molecule has 0 aliphatic carbocycles. The highest BCUT2D eigenvalue weighted by Crippen LogP contribution is 2.24. The van der Waals surface area contributed by atoms with Crippen molar-refractivity contribution in [3.8, 4) is 0 Å². The van der Waals surface area contributed by atoms with E-state index in [1.165, 1.54) is 51.7 Å². The lowest BCUT2D eigenvalue weighted by molar-refractivity contribution is 0.120. The molecule has 0 aromatic rings. The molecule has 154 valence electrons. The highest BCUT2D eigenvalue weighted by atomic mass is 15.4. The van der Waals surface area contributed by atoms with Crippen molar-refractivity contribution >= 4 is 0 Å². The molecule has 0 spiro atoms. The SMILES string of the molecule is CC.CCC1CCN(CC2CCN(C/C(N)=C/N(N)C(C)C)CC2)CC1. The third-order valence-corrected chi connectivity index (χ3v) is 5.83. The van der Waals surface area contributed by atoms with Gasteiger partial charge in [-0.05, 0) is 77.5 Å². The third kappa shape index (κ3) is 8.28. The van der Waals surface area contributed by atoms with E-state index in [1.54, 1.807) is 5.01 Å². The summed E-state index contributed by atoms with van der Waals surface area (Å²) >= 11 is 0. The van der Waals surface area contributed by atoms with Crippen LogP contribution in [0.4, 0.5) is 0 Å². The number of hydrazine groups is 1. The Bertz CT molecular complexity index is 380. The molecule has 0 amide bonds. The number of hydrogen-bond donors (Lipinski definition) is 2. The average molecular weight is 368 g/mol. The number of nitrogens with zero attached hydrogens (tertiary/aromatic N) is 3. The Hall–Kier alpha value is -0.780. The van der Waals surface area contributed by atoms with Crippen LogP contribution in [0.15, 0.2) is 11.9 Å². The minimum absolute atomic E-state index is 0.283. The molecule has 26 heavy (non-hydrogen) atoms. The quantitative estimate of drug-likeness (QED) is 0.534. The molecule has 0 unspecified atom stereocenters. The van der Waals surface area contributed by atoms with Crippen molar-refractivity contribution in [1.82, 2.24) is 14.8 Å². The Morgan fingerprint density at radius 1 is 1.00 bits per heavy atom. The summed E-state index contributed by atoms with van der Waals surface area (Å²) in [5.74, 6) is 7.77. The number of likely N-dealkylation sites (tertiary alicyclic amines) is 2. The van der Waals surface area contributed by atoms with Gasteiger partial charge in [-0.15, -0.1) is 0 Å². The van der Waals surface area contributed by atoms with Gasteiger partial charge < -0.3 is 15.6 Å². The number of nitrogens with two attached hydrogens (primary N) is 2. The first-order valence-corrected chi connectivity index (χ1v) is 10.9. The van der Waals surface area contributed by atoms with Gasteiger partial charge >= 0.3 is 0 Å². The molecular weight excluding hydrogens is 322 g/mol. The van der Waals surface area contributed by atoms with E-state index in [1.807, 2.05) is 20.0 Å². The summed E-state index contributed by atoms with van der Waals surface area (Å²) in [6.45, 7) is 17.6. The predicted octanol–water partition coefficient (Wildman–Crippen LogP) is 3.23. The summed E-state index contributed by atoms with van der Waals surface area (Å²) in [6, 6.07) is 0.283. The second-order valence-electron chi connectivity index (χ2n) is 8.12. The molecule has 4 N–H and O–H groups in total. The van der Waals surface area contributed by atoms with Crippen LogP contribution in [0.2, 0.25) is 0 Å². The van der Waals surface area contributed by atoms with Crippen LogP contribution < -0.4 is 11.6 Å². The second-order valence-corrected chi connectivity index (χ2v) is 8.12. The maximum atomic E-state index is 6.14. The molecule has 2 saturated heterocycles. The normalized spacial score (nSPS) is 21.6. The van der Waals surface area contributed by atoms with Crippen molar-refractivity contribution in [3.63, 3.8) is 0 Å². The van der Waals surface area contributed by atoms with Crippen LogP contribution in [0, 0.1) is 11.8 Å². The van der Waals surface area contributed by atoms with Gasteiger partial charge in [0.25, 0.3) is 0 Å². The highest BCUT2D eigenvalue weighted by molar-refractivity contribution is 4.99. The Morgan fingerprint density at radius 2 is 1.50 bits per heavy atom. The number of piperidine rings is 2. The molecule has 5 nitrogen and oxygen atoms in total. The topological polar surface area (TPSA) is 61.8 Å². The smallest absolute Gasteiger partial charge is 0.0400 e. The molecule has 5 heteroatoms. The molecule has 0 aromatic heterocycles. The second kappa shape index (κ2) is 12.6. The summed E-state index contributed by atoms with van der Waals surface area (Å²) in [6.07, 6.45) is 8.66. The van der Waals surface area contributed by atoms with Crippen LogP contribution in [-0.2, 0) is 0 Å². The van der Waals surface area contributed by atoms with Crippen LogP contribution >= 0.6 is 0 Å². The van der Waals surface area contributed by atoms with E-state index in [4.69, 9.17) is 11.6 Å². The number of hydrogen-bond acceptors (Lipinski definition) is 5. The van der Waals surface area contributed by atoms with Crippen molar-refractivity contribution in [2.24, 2.45) is 23.4 Å². The Labute approximate surface area is 162 Å². The summed E-state index contributed by atoms with van der Waals surface area (Å²) in [5.41, 5.74) is 7.01. The minimum Gasteiger partial charge on any atom is -0.400 e. The maximum Gasteiger partial charge on any atom is 0.0400 e. The van der Waals surface area contributed by atoms with Gasteiger partial charge in [-0.2, -0.15) is 0 Å². The molecule has 2 aliphatic rings. The van der Waals surface area contributed by atoms with Crippen molar-refractivity contribution in [3.05, 3.63) is 11.9 Å². The molecule has 0 aromatic carbocycles. The van der Waals surface area contributed by atoms with Crippen molar-refractivity contribution < 1.29 is 0 Å². The van der Waals surface area contributed by atoms with Crippen LogP contribution in [0.5, 0.6) is 0 Å². The first-order valence-electron chi connectivity index (χ1n) is 10.9. The fraction of sp³-hybridized carbons (Fsp3) is 0.905. The molecule has 0 saturated carbocycles. The Morgan fingerprint density at radius 3 is 2.00 bits per heavy atom. The molecule has 2 heterocycles. The van der Waals surface area contributed by atoms with Crippen LogP contribution in [0.1, 0.15) is 66.7 Å². The molecule has 2 aliphatic heterocycles. The fourth-order valence-corrected chi connectivity index (χ4v) is 3.91. The zero-order valence-corrected chi connectivity index (χ0v) is 18.1. The van der Waals surface area contributed by atoms with Gasteiger partial charge in [0.2, 0.25) is 0 Å². The van der Waals surface area contributed by atoms with Crippen LogP contribution in [0.3, 0.4) is 0 Å². The van der Waals surface area contributed by atoms with E-state index in [9.17, 15) is 0 Å². The van der Waals surface area contributed by atoms with E-state index in [-0.39, 0.29) is 6.04 Å². The van der Waals surface area contributed by atoms with Gasteiger partial charge in [0, 0.05) is 31.0 Å². The molecule has 2 rings (SSSR count). The third-order valence-electron chi connectivity index (χ3n) is 5.83. The number of rotatable bonds is 7. The lowest BCUT2D eigenvalue weighted by Crippen LogP contribution is -2.42. The zero-order chi connectivity index (χ0) is 19.5. The van der Waals surface area contributed by atoms with E-state index >= 15 is 0 Å². The first-order chi connectivity index (χ1) is 12.5. The average Bonchev–Trinajstić information content (AvgIpc) is 2.65. The predicted molar refractivity (Wildman–Crippen MR) is 113 cm³/mol. The van der Waals surface area contributed by atoms with E-state index in [0.29, 0.717) is 0 Å². The molecule has 2 fully saturated rings. The molecule has 0 atom stereocenters. The monoisotopic (exact) mass is 367 g/mol. The first kappa shape index (κ1) is 23.3. The fourth-order valence-electron chi connectivity index (χ4n) is 3.91. The molecule has 0 bridgehead atoms. The van der Waals surface area contributed by atoms with E-state index in [2.05, 4.69) is 30.6 Å². The van der Waals surface area contributed by atoms with Gasteiger partial charge in [-0.25, -0.2) is 5.84 Å². The Kier molecular flexibility index (Phi) is 11.3. The molecule has 0 radical (unpaired) electrons. The van der Waals surface area contributed by atoms with Gasteiger partial charge in [-0.1, -0.05) is 27.2 Å². The van der Waals surface area contributed by atoms with Crippen molar-refractivity contribution in [2.75, 3.05) is 39.3 Å². The largest absolute Gasteiger partial charge is 0.400 e. The van der Waals surface area contributed by atoms with Gasteiger partial charge in [0.05, 0.1) is 0 Å². The van der Waals surface area contributed by atoms with Gasteiger partial charge in [0.15, 0.2) is 0 Å². The van der Waals surface area contributed by atoms with Crippen molar-refractivity contribution in [1.29, 1.82) is 0 Å². The van der Waals surface area contributed by atoms with E-state index < -0.39 is 0 Å². The summed E-state index contributed by atoms with van der Waals surface area (Å²) in [4.78, 5) is 5.18. The van der Waals surface area contributed by atoms with E-state index in [0.717, 1.165) is 37.2 Å². The summed E-state index contributed by atoms with van der Waals surface area (Å²) in [7, 11) is 0. The summed E-state index contributed by atoms with van der Waals surface area (Å²) < 4.78 is 0. The van der Waals surface area contributed by atoms with Crippen LogP contribution in [-0.4, -0.2) is 60.1 Å². The zero-order valence-electron chi connectivity index (χ0n) is 18.1. The molecular formula is C21H45N5. The standard InChI is InChI=1S/C19H39N5.C2H6/c1-4-17-5-9-22(10-6-17)13-18-7-11-23(12-8-18)14-19(20)15-24(21)16(2)3;1-2/h15-18H,4-14,20-21H2,1-3H3;1-2H3/b19-15-;. The Balaban J connectivity index is 0.00000163. The van der Waals surface area contributed by atoms with Gasteiger partial charge in [-0.3, -0.25) is 4.90 Å². The highest BCUT2D eigenvalue weighted by Gasteiger charge is 2.24. The summed E-state index contributed by atoms with van der Waals surface area (Å²) in [5, 5.41) is 1.70. The maximum absolute atomic E-state index is 6.14. The lowest BCUT2D eigenvalue weighted by atomic mass is 9.91.